The first-order valence-corrected chi connectivity index (χ1v) is 0. The third-order valence-corrected chi connectivity index (χ3v) is 0. The Morgan fingerprint density at radius 3 is 0.333 bits per heavy atom. The lowest BCUT2D eigenvalue weighted by Crippen LogP contribution is -0.382. The van der Waals surface area contributed by atoms with E-state index in [9.17, 15) is 0 Å². The molecule has 0 aliphatic carbocycles. The normalized spacial score (nSPS) is 0. The monoisotopic (exact) mass is 181 g/mol. The molecule has 0 fully saturated rings. The van der Waals surface area contributed by atoms with Crippen LogP contribution in [0.4, 0.5) is 0 Å². The third-order valence-electron chi connectivity index (χ3n) is 0. The Morgan fingerprint density at radius 2 is 0.333 bits per heavy atom. The minimum atomic E-state index is 0. The predicted octanol–water partition coefficient (Wildman–Crippen LogP) is -6.99. The lowest BCUT2D eigenvalue weighted by Gasteiger charge is 0.186. The van der Waals surface area contributed by atoms with Crippen LogP contribution in [0.3, 0.4) is 0 Å². The van der Waals surface area contributed by atoms with Crippen molar-refractivity contribution in [2.75, 3.05) is 0 Å². The molecule has 0 aromatic carbocycles. The summed E-state index contributed by atoms with van der Waals surface area (Å²) in [6.07, 6.45) is 0. The van der Waals surface area contributed by atoms with Gasteiger partial charge in [0.15, 0.2) is 104 Å². The molecule has 0 aliphatic rings. The third kappa shape index (κ3) is 27.1. The molecule has 0 aliphatic heterocycles. The maximum Gasteiger partial charge on any atom is 0.187 e. The molecule has 0 saturated carbocycles. The topological polar surface area (TPSA) is 0 Å². The molecule has 1 radical (unpaired) electrons. The van der Waals surface area contributed by atoms with Crippen LogP contribution in [0.5, 0.6) is 0 Å². The summed E-state index contributed by atoms with van der Waals surface area (Å²) in [5, 5.41) is 0. The zero-order valence-corrected chi connectivity index (χ0v) is 0. The molecule has 0 amide bonds. The van der Waals surface area contributed by atoms with Crippen molar-refractivity contribution in [2.45, 2.75) is 0 Å². The van der Waals surface area contributed by atoms with Crippen LogP contribution in [-0.2, 0) is 0 Å². The van der Waals surface area contributed by atoms with E-state index in [1.54, 1.807) is 0 Å². The molecule has 0 bridgehead atoms. The fourth-order valence-electron chi connectivity index (χ4n) is 0. The van der Waals surface area contributed by atoms with Gasteiger partial charge in [-0.1, -0.05) is 0 Å². The number of rotatable bonds is 0. The van der Waals surface area contributed by atoms with Gasteiger partial charge in [0.05, 0.1) is 0 Å². The van der Waals surface area contributed by atoms with Gasteiger partial charge in [-0.05, 0) is 0 Å². The Kier molecular flexibility index (Phi) is 419. The molecular formula is H19Al6. The van der Waals surface area contributed by atoms with Gasteiger partial charge in [-0.25, -0.2) is 0 Å². The summed E-state index contributed by atoms with van der Waals surface area (Å²) in [4.78, 5) is 0. The Labute approximate surface area is 104 Å². The van der Waals surface area contributed by atoms with Gasteiger partial charge < -0.3 is 0 Å². The molecule has 0 nitrogen and oxygen atoms in total. The standard InChI is InChI=1S/6Al.19H. The van der Waals surface area contributed by atoms with Gasteiger partial charge in [-0.15, -0.1) is 0 Å². The first kappa shape index (κ1) is 60.5. The van der Waals surface area contributed by atoms with Crippen LogP contribution in [0.1, 0.15) is 1.43 Å². The van der Waals surface area contributed by atoms with E-state index in [-0.39, 0.29) is 106 Å². The minimum Gasteiger partial charge on any atom is 0 e. The molecule has 0 unspecified atom stereocenters. The number of hydrogen-bond acceptors (Lipinski definition) is 0. The molecule has 0 spiro atoms. The van der Waals surface area contributed by atoms with Crippen molar-refractivity contribution in [2.24, 2.45) is 0 Å². The summed E-state index contributed by atoms with van der Waals surface area (Å²) >= 11 is 0. The summed E-state index contributed by atoms with van der Waals surface area (Å²) < 4.78 is 0. The van der Waals surface area contributed by atoms with E-state index in [1.165, 1.54) is 0 Å². The second-order valence-corrected chi connectivity index (χ2v) is 0. The molecule has 6 heavy (non-hydrogen) atoms. The van der Waals surface area contributed by atoms with Crippen molar-refractivity contribution >= 4 is 104 Å². The van der Waals surface area contributed by atoms with Crippen LogP contribution in [0.15, 0.2) is 0 Å². The van der Waals surface area contributed by atoms with Gasteiger partial charge in [0.2, 0.25) is 0 Å². The average molecular weight is 181 g/mol. The Balaban J connectivity index is 0. The van der Waals surface area contributed by atoms with Crippen LogP contribution < -0.4 is 0 Å². The summed E-state index contributed by atoms with van der Waals surface area (Å²) in [6.45, 7) is 0. The van der Waals surface area contributed by atoms with E-state index in [0.29, 0.717) is 0 Å². The average Bonchev–Trinajstić information content (AvgIpc) is 0. The maximum absolute atomic E-state index is 0. The fourth-order valence-corrected chi connectivity index (χ4v) is 0. The molecule has 6 heteroatoms. The lowest BCUT2D eigenvalue weighted by molar-refractivity contribution is 5.75. The summed E-state index contributed by atoms with van der Waals surface area (Å²) in [5.41, 5.74) is 0. The van der Waals surface area contributed by atoms with E-state index in [4.69, 9.17) is 0 Å². The minimum absolute atomic E-state index is 0. The summed E-state index contributed by atoms with van der Waals surface area (Å²) in [6, 6.07) is 0. The van der Waals surface area contributed by atoms with Gasteiger partial charge in [0.1, 0.15) is 0 Å². The van der Waals surface area contributed by atoms with Crippen molar-refractivity contribution in [1.29, 1.82) is 0 Å². The SMILES string of the molecule is [AlH3].[AlH3].[AlH3].[AlH3].[AlH3].[AlH3].[H]. The zero-order valence-electron chi connectivity index (χ0n) is 1.00. The fraction of sp³-hybridized carbons (Fsp3) is 0. The van der Waals surface area contributed by atoms with E-state index in [0.717, 1.165) is 0 Å². The first-order valence-electron chi connectivity index (χ1n) is 0. The van der Waals surface area contributed by atoms with E-state index < -0.39 is 0 Å². The van der Waals surface area contributed by atoms with E-state index >= 15 is 0 Å². The summed E-state index contributed by atoms with van der Waals surface area (Å²) in [5.74, 6) is 0. The second-order valence-electron chi connectivity index (χ2n) is 0. The van der Waals surface area contributed by atoms with E-state index in [1.807, 2.05) is 0 Å². The molecular weight excluding hydrogens is 162 g/mol. The van der Waals surface area contributed by atoms with Crippen molar-refractivity contribution in [3.63, 3.8) is 0 Å². The quantitative estimate of drug-likeness (QED) is 0.326. The highest BCUT2D eigenvalue weighted by Gasteiger charge is 0.192. The van der Waals surface area contributed by atoms with Crippen molar-refractivity contribution in [3.8, 4) is 0 Å². The molecule has 0 aromatic rings. The van der Waals surface area contributed by atoms with Crippen LogP contribution in [0.25, 0.3) is 0 Å². The first-order chi connectivity index (χ1) is 0. The molecule has 0 aromatic heterocycles. The molecule has 0 saturated heterocycles. The largest absolute Gasteiger partial charge is 0.187 e. The highest BCUT2D eigenvalue weighted by atomic mass is 27.0. The van der Waals surface area contributed by atoms with Gasteiger partial charge in [-0.3, -0.25) is 0 Å². The predicted molar refractivity (Wildman–Crippen MR) is 60.7 cm³/mol. The van der Waals surface area contributed by atoms with Gasteiger partial charge in [-0.2, -0.15) is 0 Å². The van der Waals surface area contributed by atoms with Crippen LogP contribution in [-0.4, -0.2) is 104 Å². The van der Waals surface area contributed by atoms with Crippen LogP contribution in [0.2, 0.25) is 0 Å². The van der Waals surface area contributed by atoms with Crippen molar-refractivity contribution in [3.05, 3.63) is 0 Å². The molecule has 0 N–H and O–H groups in total. The van der Waals surface area contributed by atoms with Gasteiger partial charge in [0.25, 0.3) is 0 Å². The van der Waals surface area contributed by atoms with Gasteiger partial charge in [0, 0.05) is 1.43 Å². The van der Waals surface area contributed by atoms with Crippen LogP contribution in [0, 0.1) is 0 Å². The molecule has 37 valence electrons. The highest BCUT2D eigenvalue weighted by Crippen LogP contribution is -0.376. The Bertz CT molecular complexity index is 4.14. The van der Waals surface area contributed by atoms with Crippen LogP contribution >= 0.6 is 0 Å². The van der Waals surface area contributed by atoms with Crippen molar-refractivity contribution in [1.82, 2.24) is 0 Å². The van der Waals surface area contributed by atoms with E-state index in [2.05, 4.69) is 0 Å². The Morgan fingerprint density at radius 1 is 0.333 bits per heavy atom. The zero-order chi connectivity index (χ0) is 0. The molecule has 0 rings (SSSR count). The highest BCUT2D eigenvalue weighted by molar-refractivity contribution is 5.76. The summed E-state index contributed by atoms with van der Waals surface area (Å²) in [7, 11) is 0. The van der Waals surface area contributed by atoms with Gasteiger partial charge >= 0.3 is 0 Å². The maximum atomic E-state index is 0. The second kappa shape index (κ2) is 41.6. The smallest absolute Gasteiger partial charge is 0 e. The molecule has 0 atom stereocenters. The van der Waals surface area contributed by atoms with Crippen molar-refractivity contribution < 1.29 is 1.43 Å². The number of hydrogen-bond donors (Lipinski definition) is 0. The molecule has 0 heterocycles. The lowest BCUT2D eigenvalue weighted by atomic mass is 27.0. The Hall–Kier alpha value is 3.19.